The standard InChI is InChI=1S/C14H18BrNO2/c1-10(17)13-6-5-11(15)8-14(13)16-7-3-4-12(9-16)18-2/h5-6,8,12H,3-4,7,9H2,1-2H3. The van der Waals surface area contributed by atoms with E-state index in [2.05, 4.69) is 20.8 Å². The summed E-state index contributed by atoms with van der Waals surface area (Å²) in [6.07, 6.45) is 2.45. The SMILES string of the molecule is COC1CCCN(c2cc(Br)ccc2C(C)=O)C1. The van der Waals surface area contributed by atoms with Crippen LogP contribution in [-0.4, -0.2) is 32.1 Å². The van der Waals surface area contributed by atoms with Gasteiger partial charge in [0.25, 0.3) is 0 Å². The van der Waals surface area contributed by atoms with Gasteiger partial charge in [0.2, 0.25) is 0 Å². The molecule has 0 radical (unpaired) electrons. The number of halogens is 1. The lowest BCUT2D eigenvalue weighted by Crippen LogP contribution is -2.39. The fourth-order valence-corrected chi connectivity index (χ4v) is 2.76. The highest BCUT2D eigenvalue weighted by Gasteiger charge is 2.22. The zero-order chi connectivity index (χ0) is 13.1. The molecule has 2 rings (SSSR count). The normalized spacial score (nSPS) is 19.9. The predicted molar refractivity (Wildman–Crippen MR) is 76.4 cm³/mol. The van der Waals surface area contributed by atoms with Crippen molar-refractivity contribution < 1.29 is 9.53 Å². The molecule has 1 aromatic rings. The first kappa shape index (κ1) is 13.6. The van der Waals surface area contributed by atoms with Crippen LogP contribution >= 0.6 is 15.9 Å². The lowest BCUT2D eigenvalue weighted by molar-refractivity contribution is 0.0890. The molecule has 98 valence electrons. The second-order valence-electron chi connectivity index (χ2n) is 4.66. The van der Waals surface area contributed by atoms with Gasteiger partial charge in [0.05, 0.1) is 6.10 Å². The minimum Gasteiger partial charge on any atom is -0.380 e. The second kappa shape index (κ2) is 5.85. The minimum absolute atomic E-state index is 0.108. The topological polar surface area (TPSA) is 29.5 Å². The maximum Gasteiger partial charge on any atom is 0.161 e. The Hall–Kier alpha value is -0.870. The van der Waals surface area contributed by atoms with E-state index in [0.717, 1.165) is 41.7 Å². The predicted octanol–water partition coefficient (Wildman–Crippen LogP) is 3.27. The van der Waals surface area contributed by atoms with Gasteiger partial charge in [-0.15, -0.1) is 0 Å². The van der Waals surface area contributed by atoms with Crippen LogP contribution in [0, 0.1) is 0 Å². The first-order valence-corrected chi connectivity index (χ1v) is 6.99. The molecule has 1 atom stereocenters. The molecule has 1 saturated heterocycles. The molecule has 18 heavy (non-hydrogen) atoms. The molecule has 1 aromatic carbocycles. The number of hydrogen-bond donors (Lipinski definition) is 0. The van der Waals surface area contributed by atoms with Gasteiger partial charge in [-0.05, 0) is 38.0 Å². The van der Waals surface area contributed by atoms with Crippen LogP contribution in [0.15, 0.2) is 22.7 Å². The highest BCUT2D eigenvalue weighted by molar-refractivity contribution is 9.10. The molecule has 0 aliphatic carbocycles. The first-order valence-electron chi connectivity index (χ1n) is 6.20. The van der Waals surface area contributed by atoms with Crippen LogP contribution in [-0.2, 0) is 4.74 Å². The third-order valence-corrected chi connectivity index (χ3v) is 3.88. The summed E-state index contributed by atoms with van der Waals surface area (Å²) in [5.74, 6) is 0.108. The number of carbonyl (C=O) groups is 1. The summed E-state index contributed by atoms with van der Waals surface area (Å²) >= 11 is 3.48. The zero-order valence-electron chi connectivity index (χ0n) is 10.8. The van der Waals surface area contributed by atoms with Crippen LogP contribution in [0.3, 0.4) is 0 Å². The first-order chi connectivity index (χ1) is 8.61. The smallest absolute Gasteiger partial charge is 0.161 e. The molecule has 0 amide bonds. The van der Waals surface area contributed by atoms with E-state index in [1.807, 2.05) is 18.2 Å². The Morgan fingerprint density at radius 2 is 2.28 bits per heavy atom. The molecule has 4 heteroatoms. The summed E-state index contributed by atoms with van der Waals surface area (Å²) in [6, 6.07) is 5.82. The van der Waals surface area contributed by atoms with Gasteiger partial charge in [-0.25, -0.2) is 0 Å². The minimum atomic E-state index is 0.108. The molecule has 1 aliphatic rings. The van der Waals surface area contributed by atoms with Crippen LogP contribution in [0.2, 0.25) is 0 Å². The molecule has 0 bridgehead atoms. The van der Waals surface area contributed by atoms with Gasteiger partial charge in [0, 0.05) is 35.9 Å². The van der Waals surface area contributed by atoms with E-state index in [9.17, 15) is 4.79 Å². The van der Waals surface area contributed by atoms with Gasteiger partial charge in [-0.3, -0.25) is 4.79 Å². The summed E-state index contributed by atoms with van der Waals surface area (Å²) < 4.78 is 6.44. The lowest BCUT2D eigenvalue weighted by atomic mass is 10.0. The number of ether oxygens (including phenoxy) is 1. The number of hydrogen-bond acceptors (Lipinski definition) is 3. The molecular weight excluding hydrogens is 294 g/mol. The Balaban J connectivity index is 2.31. The third kappa shape index (κ3) is 2.93. The number of nitrogens with zero attached hydrogens (tertiary/aromatic N) is 1. The van der Waals surface area contributed by atoms with Gasteiger partial charge < -0.3 is 9.64 Å². The van der Waals surface area contributed by atoms with Gasteiger partial charge in [-0.1, -0.05) is 15.9 Å². The van der Waals surface area contributed by atoms with Crippen molar-refractivity contribution in [2.75, 3.05) is 25.1 Å². The molecule has 0 spiro atoms. The molecular formula is C14H18BrNO2. The van der Waals surface area contributed by atoms with Gasteiger partial charge in [0.15, 0.2) is 5.78 Å². The molecule has 0 N–H and O–H groups in total. The summed E-state index contributed by atoms with van der Waals surface area (Å²) in [5, 5.41) is 0. The number of methoxy groups -OCH3 is 1. The number of carbonyl (C=O) groups excluding carboxylic acids is 1. The Kier molecular flexibility index (Phi) is 4.40. The van der Waals surface area contributed by atoms with Crippen molar-refractivity contribution in [1.29, 1.82) is 0 Å². The highest BCUT2D eigenvalue weighted by atomic mass is 79.9. The monoisotopic (exact) mass is 311 g/mol. The molecule has 1 unspecified atom stereocenters. The third-order valence-electron chi connectivity index (χ3n) is 3.39. The zero-order valence-corrected chi connectivity index (χ0v) is 12.4. The number of ketones is 1. The highest BCUT2D eigenvalue weighted by Crippen LogP contribution is 2.28. The van der Waals surface area contributed by atoms with Crippen molar-refractivity contribution in [3.8, 4) is 0 Å². The summed E-state index contributed by atoms with van der Waals surface area (Å²) in [6.45, 7) is 3.45. The van der Waals surface area contributed by atoms with E-state index in [4.69, 9.17) is 4.74 Å². The van der Waals surface area contributed by atoms with Crippen LogP contribution in [0.5, 0.6) is 0 Å². The maximum atomic E-state index is 11.7. The molecule has 3 nitrogen and oxygen atoms in total. The van der Waals surface area contributed by atoms with E-state index in [-0.39, 0.29) is 11.9 Å². The molecule has 0 saturated carbocycles. The molecule has 1 heterocycles. The average molecular weight is 312 g/mol. The Labute approximate surface area is 116 Å². The van der Waals surface area contributed by atoms with Crippen molar-refractivity contribution in [3.05, 3.63) is 28.2 Å². The fourth-order valence-electron chi connectivity index (χ4n) is 2.41. The average Bonchev–Trinajstić information content (AvgIpc) is 2.38. The van der Waals surface area contributed by atoms with Gasteiger partial charge in [0.1, 0.15) is 0 Å². The van der Waals surface area contributed by atoms with E-state index >= 15 is 0 Å². The van der Waals surface area contributed by atoms with E-state index in [0.29, 0.717) is 0 Å². The lowest BCUT2D eigenvalue weighted by Gasteiger charge is -2.34. The van der Waals surface area contributed by atoms with Crippen molar-refractivity contribution in [2.45, 2.75) is 25.9 Å². The fraction of sp³-hybridized carbons (Fsp3) is 0.500. The Bertz CT molecular complexity index is 447. The van der Waals surface area contributed by atoms with Crippen molar-refractivity contribution in [2.24, 2.45) is 0 Å². The summed E-state index contributed by atoms with van der Waals surface area (Å²) in [4.78, 5) is 13.9. The van der Waals surface area contributed by atoms with Crippen molar-refractivity contribution >= 4 is 27.4 Å². The molecule has 0 aromatic heterocycles. The van der Waals surface area contributed by atoms with Crippen molar-refractivity contribution in [3.63, 3.8) is 0 Å². The largest absolute Gasteiger partial charge is 0.380 e. The maximum absolute atomic E-state index is 11.7. The molecule has 1 aliphatic heterocycles. The van der Waals surface area contributed by atoms with Crippen molar-refractivity contribution in [1.82, 2.24) is 0 Å². The van der Waals surface area contributed by atoms with Crippen LogP contribution in [0.4, 0.5) is 5.69 Å². The van der Waals surface area contributed by atoms with Crippen LogP contribution < -0.4 is 4.90 Å². The van der Waals surface area contributed by atoms with E-state index < -0.39 is 0 Å². The number of Topliss-reactive ketones (excluding diaryl/α,β-unsaturated/α-hetero) is 1. The van der Waals surface area contributed by atoms with Gasteiger partial charge in [-0.2, -0.15) is 0 Å². The summed E-state index contributed by atoms with van der Waals surface area (Å²) in [7, 11) is 1.75. The number of anilines is 1. The van der Waals surface area contributed by atoms with E-state index in [1.54, 1.807) is 14.0 Å². The van der Waals surface area contributed by atoms with Crippen LogP contribution in [0.25, 0.3) is 0 Å². The number of rotatable bonds is 3. The van der Waals surface area contributed by atoms with Crippen LogP contribution in [0.1, 0.15) is 30.1 Å². The molecule has 1 fully saturated rings. The number of piperidine rings is 1. The number of benzene rings is 1. The Morgan fingerprint density at radius 1 is 1.50 bits per heavy atom. The van der Waals surface area contributed by atoms with E-state index in [1.165, 1.54) is 0 Å². The second-order valence-corrected chi connectivity index (χ2v) is 5.58. The summed E-state index contributed by atoms with van der Waals surface area (Å²) in [5.41, 5.74) is 1.80. The van der Waals surface area contributed by atoms with Gasteiger partial charge >= 0.3 is 0 Å². The Morgan fingerprint density at radius 3 is 2.94 bits per heavy atom. The quantitative estimate of drug-likeness (QED) is 0.802.